The van der Waals surface area contributed by atoms with Crippen LogP contribution in [0.2, 0.25) is 0 Å². The summed E-state index contributed by atoms with van der Waals surface area (Å²) in [6, 6.07) is 9.35. The van der Waals surface area contributed by atoms with Crippen molar-refractivity contribution in [2.45, 2.75) is 26.4 Å². The van der Waals surface area contributed by atoms with E-state index in [0.29, 0.717) is 5.69 Å². The molecule has 0 amide bonds. The number of nitrogens with zero attached hydrogens (tertiary/aromatic N) is 2. The maximum absolute atomic E-state index is 12.4. The van der Waals surface area contributed by atoms with E-state index in [9.17, 15) is 9.90 Å². The number of hydrogen-bond acceptors (Lipinski definition) is 3. The topological polar surface area (TPSA) is 56.4 Å². The van der Waals surface area contributed by atoms with Crippen LogP contribution >= 0.6 is 0 Å². The second-order valence-corrected chi connectivity index (χ2v) is 6.58. The first-order valence-electron chi connectivity index (χ1n) is 7.46. The molecular formula is C18H20N2O3. The van der Waals surface area contributed by atoms with Gasteiger partial charge in [0.15, 0.2) is 5.88 Å². The summed E-state index contributed by atoms with van der Waals surface area (Å²) in [6.45, 7) is 5.49. The molecule has 23 heavy (non-hydrogen) atoms. The van der Waals surface area contributed by atoms with Crippen molar-refractivity contribution < 1.29 is 14.6 Å². The third-order valence-corrected chi connectivity index (χ3v) is 3.60. The molecule has 120 valence electrons. The Kier molecular flexibility index (Phi) is 3.43. The second-order valence-electron chi connectivity index (χ2n) is 6.58. The molecule has 0 fully saturated rings. The molecule has 0 aliphatic rings. The number of aromatic hydroxyl groups is 1. The quantitative estimate of drug-likeness (QED) is 0.735. The smallest absolute Gasteiger partial charge is 0.418 e. The molecule has 3 rings (SSSR count). The zero-order valence-electron chi connectivity index (χ0n) is 13.7. The summed E-state index contributed by atoms with van der Waals surface area (Å²) < 4.78 is 8.57. The molecule has 5 nitrogen and oxygen atoms in total. The lowest BCUT2D eigenvalue weighted by Crippen LogP contribution is -2.27. The molecule has 5 heteroatoms. The van der Waals surface area contributed by atoms with Gasteiger partial charge in [-0.25, -0.2) is 4.79 Å². The normalized spacial score (nSPS) is 11.8. The van der Waals surface area contributed by atoms with Crippen molar-refractivity contribution in [2.24, 2.45) is 7.05 Å². The third kappa shape index (κ3) is 2.70. The highest BCUT2D eigenvalue weighted by Gasteiger charge is 2.21. The number of carbonyl (C=O) groups excluding carboxylic acids is 1. The Bertz CT molecular complexity index is 881. The largest absolute Gasteiger partial charge is 0.494 e. The van der Waals surface area contributed by atoms with Crippen LogP contribution in [0.25, 0.3) is 22.0 Å². The van der Waals surface area contributed by atoms with Crippen LogP contribution in [0.15, 0.2) is 42.7 Å². The fourth-order valence-electron chi connectivity index (χ4n) is 2.66. The first-order valence-corrected chi connectivity index (χ1v) is 7.46. The van der Waals surface area contributed by atoms with Crippen molar-refractivity contribution in [3.8, 4) is 17.1 Å². The van der Waals surface area contributed by atoms with Gasteiger partial charge < -0.3 is 14.4 Å². The molecule has 0 unspecified atom stereocenters. The molecular weight excluding hydrogens is 292 g/mol. The minimum Gasteiger partial charge on any atom is -0.494 e. The van der Waals surface area contributed by atoms with Gasteiger partial charge in [-0.05, 0) is 32.9 Å². The molecule has 3 aromatic rings. The number of benzene rings is 1. The third-order valence-electron chi connectivity index (χ3n) is 3.60. The lowest BCUT2D eigenvalue weighted by molar-refractivity contribution is 0.0540. The van der Waals surface area contributed by atoms with Gasteiger partial charge in [0.1, 0.15) is 5.60 Å². The molecule has 1 N–H and O–H groups in total. The van der Waals surface area contributed by atoms with E-state index in [1.807, 2.05) is 51.2 Å². The average molecular weight is 312 g/mol. The Hall–Kier alpha value is -2.69. The predicted octanol–water partition coefficient (Wildman–Crippen LogP) is 4.14. The number of aryl methyl sites for hydroxylation is 1. The van der Waals surface area contributed by atoms with Gasteiger partial charge in [-0.1, -0.05) is 18.2 Å². The SMILES string of the molecule is Cn1cc2cccc(-c3cccn3C(=O)OC(C)(C)C)c2c1O. The van der Waals surface area contributed by atoms with Gasteiger partial charge in [0.05, 0.1) is 11.1 Å². The monoisotopic (exact) mass is 312 g/mol. The van der Waals surface area contributed by atoms with Crippen LogP contribution < -0.4 is 0 Å². The number of hydrogen-bond donors (Lipinski definition) is 1. The Morgan fingerprint density at radius 1 is 1.17 bits per heavy atom. The van der Waals surface area contributed by atoms with Gasteiger partial charge in [-0.3, -0.25) is 4.57 Å². The molecule has 2 aromatic heterocycles. The molecule has 0 spiro atoms. The first kappa shape index (κ1) is 15.2. The van der Waals surface area contributed by atoms with E-state index in [4.69, 9.17) is 4.74 Å². The summed E-state index contributed by atoms with van der Waals surface area (Å²) in [6.07, 6.45) is 3.09. The van der Waals surface area contributed by atoms with Gasteiger partial charge in [0.25, 0.3) is 0 Å². The van der Waals surface area contributed by atoms with Crippen LogP contribution in [0, 0.1) is 0 Å². The molecule has 0 atom stereocenters. The van der Waals surface area contributed by atoms with Crippen LogP contribution in [-0.2, 0) is 11.8 Å². The summed E-state index contributed by atoms with van der Waals surface area (Å²) >= 11 is 0. The summed E-state index contributed by atoms with van der Waals surface area (Å²) in [7, 11) is 1.78. The lowest BCUT2D eigenvalue weighted by Gasteiger charge is -2.20. The van der Waals surface area contributed by atoms with E-state index in [1.165, 1.54) is 4.57 Å². The fourth-order valence-corrected chi connectivity index (χ4v) is 2.66. The first-order chi connectivity index (χ1) is 10.8. The second kappa shape index (κ2) is 5.19. The van der Waals surface area contributed by atoms with Crippen molar-refractivity contribution in [1.82, 2.24) is 9.13 Å². The van der Waals surface area contributed by atoms with Crippen LogP contribution in [0.3, 0.4) is 0 Å². The lowest BCUT2D eigenvalue weighted by atomic mass is 10.1. The van der Waals surface area contributed by atoms with Crippen LogP contribution in [0.5, 0.6) is 5.88 Å². The van der Waals surface area contributed by atoms with E-state index in [2.05, 4.69) is 0 Å². The average Bonchev–Trinajstić information content (AvgIpc) is 3.03. The highest BCUT2D eigenvalue weighted by Crippen LogP contribution is 2.36. The maximum Gasteiger partial charge on any atom is 0.418 e. The summed E-state index contributed by atoms with van der Waals surface area (Å²) in [5, 5.41) is 12.0. The molecule has 0 radical (unpaired) electrons. The summed E-state index contributed by atoms with van der Waals surface area (Å²) in [4.78, 5) is 12.4. The van der Waals surface area contributed by atoms with Crippen molar-refractivity contribution in [2.75, 3.05) is 0 Å². The molecule has 2 heterocycles. The Morgan fingerprint density at radius 3 is 2.61 bits per heavy atom. The highest BCUT2D eigenvalue weighted by atomic mass is 16.6. The number of rotatable bonds is 1. The Morgan fingerprint density at radius 2 is 1.91 bits per heavy atom. The zero-order chi connectivity index (χ0) is 16.8. The van der Waals surface area contributed by atoms with Crippen LogP contribution in [-0.4, -0.2) is 25.9 Å². The molecule has 1 aromatic carbocycles. The number of ether oxygens (including phenoxy) is 1. The van der Waals surface area contributed by atoms with Gasteiger partial charge in [0.2, 0.25) is 0 Å². The van der Waals surface area contributed by atoms with E-state index in [1.54, 1.807) is 23.9 Å². The molecule has 0 saturated heterocycles. The Labute approximate surface area is 134 Å². The van der Waals surface area contributed by atoms with Crippen LogP contribution in [0.4, 0.5) is 4.79 Å². The van der Waals surface area contributed by atoms with Crippen molar-refractivity contribution in [3.63, 3.8) is 0 Å². The van der Waals surface area contributed by atoms with E-state index in [-0.39, 0.29) is 5.88 Å². The molecule has 0 aliphatic heterocycles. The van der Waals surface area contributed by atoms with E-state index < -0.39 is 11.7 Å². The number of fused-ring (bicyclic) bond motifs is 1. The van der Waals surface area contributed by atoms with Gasteiger partial charge in [0, 0.05) is 30.4 Å². The van der Waals surface area contributed by atoms with Gasteiger partial charge in [-0.2, -0.15) is 0 Å². The molecule has 0 bridgehead atoms. The van der Waals surface area contributed by atoms with Gasteiger partial charge in [-0.15, -0.1) is 0 Å². The standard InChI is InChI=1S/C18H20N2O3/c1-18(2,3)23-17(22)20-10-6-9-14(20)13-8-5-7-12-11-19(4)16(21)15(12)13/h5-11,21H,1-4H3. The van der Waals surface area contributed by atoms with Crippen molar-refractivity contribution >= 4 is 16.9 Å². The highest BCUT2D eigenvalue weighted by molar-refractivity contribution is 6.01. The predicted molar refractivity (Wildman–Crippen MR) is 89.6 cm³/mol. The molecule has 0 aliphatic carbocycles. The van der Waals surface area contributed by atoms with E-state index in [0.717, 1.165) is 16.3 Å². The number of aromatic nitrogens is 2. The summed E-state index contributed by atoms with van der Waals surface area (Å²) in [5.41, 5.74) is 0.905. The summed E-state index contributed by atoms with van der Waals surface area (Å²) in [5.74, 6) is 0.174. The minimum atomic E-state index is -0.570. The minimum absolute atomic E-state index is 0.174. The van der Waals surface area contributed by atoms with Crippen molar-refractivity contribution in [1.29, 1.82) is 0 Å². The zero-order valence-corrected chi connectivity index (χ0v) is 13.7. The fraction of sp³-hybridized carbons (Fsp3) is 0.278. The van der Waals surface area contributed by atoms with Crippen molar-refractivity contribution in [3.05, 3.63) is 42.7 Å². The van der Waals surface area contributed by atoms with Gasteiger partial charge >= 0.3 is 6.09 Å². The van der Waals surface area contributed by atoms with E-state index >= 15 is 0 Å². The molecule has 0 saturated carbocycles. The van der Waals surface area contributed by atoms with Crippen LogP contribution in [0.1, 0.15) is 20.8 Å². The number of carbonyl (C=O) groups is 1. The Balaban J connectivity index is 2.15. The maximum atomic E-state index is 12.4.